The van der Waals surface area contributed by atoms with Crippen LogP contribution in [0.5, 0.6) is 0 Å². The van der Waals surface area contributed by atoms with E-state index in [9.17, 15) is 4.79 Å². The van der Waals surface area contributed by atoms with Crippen molar-refractivity contribution in [3.8, 4) is 0 Å². The molecule has 5 nitrogen and oxygen atoms in total. The smallest absolute Gasteiger partial charge is 0.264 e. The summed E-state index contributed by atoms with van der Waals surface area (Å²) >= 11 is 6.06. The largest absolute Gasteiger partial charge is 0.277 e. The summed E-state index contributed by atoms with van der Waals surface area (Å²) in [5, 5.41) is 3.01. The molecule has 0 aliphatic carbocycles. The molecule has 3 aromatic carbocycles. The van der Waals surface area contributed by atoms with Crippen LogP contribution in [0.3, 0.4) is 0 Å². The lowest BCUT2D eigenvalue weighted by Gasteiger charge is -2.28. The molecule has 2 N–H and O–H groups in total. The predicted molar refractivity (Wildman–Crippen MR) is 103 cm³/mol. The van der Waals surface area contributed by atoms with Gasteiger partial charge in [-0.3, -0.25) is 4.79 Å². The molecular formula is C20H17ClN4O. The van der Waals surface area contributed by atoms with Crippen LogP contribution in [0.4, 0.5) is 11.4 Å². The van der Waals surface area contributed by atoms with Crippen molar-refractivity contribution >= 4 is 28.2 Å². The molecule has 1 heterocycles. The van der Waals surface area contributed by atoms with Gasteiger partial charge < -0.3 is 0 Å². The van der Waals surface area contributed by atoms with Crippen LogP contribution in [0, 0.1) is 0 Å². The molecule has 0 bridgehead atoms. The molecule has 1 aliphatic rings. The Labute approximate surface area is 156 Å². The molecule has 0 aromatic heterocycles. The number of hydrogen-bond donors (Lipinski definition) is 2. The van der Waals surface area contributed by atoms with Gasteiger partial charge in [0.1, 0.15) is 0 Å². The summed E-state index contributed by atoms with van der Waals surface area (Å²) in [6.45, 7) is 0. The van der Waals surface area contributed by atoms with Gasteiger partial charge in [-0.15, -0.1) is 0 Å². The van der Waals surface area contributed by atoms with Crippen LogP contribution >= 0.6 is 11.6 Å². The van der Waals surface area contributed by atoms with Crippen molar-refractivity contribution in [2.45, 2.75) is 5.66 Å². The molecular weight excluding hydrogens is 348 g/mol. The van der Waals surface area contributed by atoms with Crippen LogP contribution < -0.4 is 21.1 Å². The van der Waals surface area contributed by atoms with E-state index in [1.165, 1.54) is 0 Å². The molecule has 4 rings (SSSR count). The fourth-order valence-electron chi connectivity index (χ4n) is 2.96. The topological polar surface area (TPSA) is 47.6 Å². The number of benzene rings is 3. The molecule has 1 aliphatic heterocycles. The SMILES string of the molecule is O=C(Cl)C1(c2ccccc2)NN(c2ccccc2)N(c2ccccc2)N1. The lowest BCUT2D eigenvalue weighted by molar-refractivity contribution is -0.118. The summed E-state index contributed by atoms with van der Waals surface area (Å²) in [5.41, 5.74) is 7.66. The van der Waals surface area contributed by atoms with Crippen LogP contribution in [-0.2, 0) is 10.5 Å². The Kier molecular flexibility index (Phi) is 4.34. The normalized spacial score (nSPS) is 15.9. The number of nitrogens with one attached hydrogen (secondary N) is 2. The molecule has 0 amide bonds. The highest BCUT2D eigenvalue weighted by Gasteiger charge is 2.49. The standard InChI is InChI=1S/C20H17ClN4O/c21-19(26)20(16-10-4-1-5-11-16)22-24(17-12-6-2-7-13-17)25(23-20)18-14-8-3-9-15-18/h1-15,22-23H. The van der Waals surface area contributed by atoms with Gasteiger partial charge in [-0.2, -0.15) is 21.1 Å². The molecule has 0 radical (unpaired) electrons. The molecule has 3 aromatic rings. The van der Waals surface area contributed by atoms with Gasteiger partial charge in [-0.25, -0.2) is 0 Å². The molecule has 130 valence electrons. The first kappa shape index (κ1) is 16.6. The maximum atomic E-state index is 12.5. The monoisotopic (exact) mass is 364 g/mol. The Bertz CT molecular complexity index is 842. The van der Waals surface area contributed by atoms with Crippen LogP contribution in [0.1, 0.15) is 5.56 Å². The van der Waals surface area contributed by atoms with Gasteiger partial charge in [0.2, 0.25) is 5.66 Å². The Morgan fingerprint density at radius 2 is 1.08 bits per heavy atom. The van der Waals surface area contributed by atoms with Crippen molar-refractivity contribution in [2.75, 3.05) is 10.2 Å². The summed E-state index contributed by atoms with van der Waals surface area (Å²) in [7, 11) is 0. The Morgan fingerprint density at radius 1 is 0.692 bits per heavy atom. The van der Waals surface area contributed by atoms with Crippen molar-refractivity contribution in [1.29, 1.82) is 0 Å². The third-order valence-corrected chi connectivity index (χ3v) is 4.53. The van der Waals surface area contributed by atoms with E-state index >= 15 is 0 Å². The third-order valence-electron chi connectivity index (χ3n) is 4.25. The lowest BCUT2D eigenvalue weighted by Crippen LogP contribution is -2.53. The highest BCUT2D eigenvalue weighted by molar-refractivity contribution is 6.65. The van der Waals surface area contributed by atoms with Gasteiger partial charge in [0.25, 0.3) is 5.24 Å². The van der Waals surface area contributed by atoms with E-state index in [1.54, 1.807) is 10.2 Å². The second kappa shape index (κ2) is 6.80. The summed E-state index contributed by atoms with van der Waals surface area (Å²) in [5.74, 6) is 0. The fraction of sp³-hybridized carbons (Fsp3) is 0.0500. The van der Waals surface area contributed by atoms with Gasteiger partial charge in [0.15, 0.2) is 0 Å². The van der Waals surface area contributed by atoms with Crippen molar-refractivity contribution in [3.63, 3.8) is 0 Å². The van der Waals surface area contributed by atoms with E-state index in [1.807, 2.05) is 91.0 Å². The summed E-state index contributed by atoms with van der Waals surface area (Å²) in [6.07, 6.45) is 0. The highest BCUT2D eigenvalue weighted by Crippen LogP contribution is 2.32. The first-order valence-corrected chi connectivity index (χ1v) is 8.60. The first-order chi connectivity index (χ1) is 12.7. The number of nitrogens with zero attached hydrogens (tertiary/aromatic N) is 2. The van der Waals surface area contributed by atoms with E-state index in [4.69, 9.17) is 11.6 Å². The average molecular weight is 365 g/mol. The van der Waals surface area contributed by atoms with Crippen molar-refractivity contribution in [2.24, 2.45) is 0 Å². The maximum Gasteiger partial charge on any atom is 0.264 e. The molecule has 0 atom stereocenters. The minimum Gasteiger partial charge on any atom is -0.277 e. The van der Waals surface area contributed by atoms with Gasteiger partial charge >= 0.3 is 0 Å². The Morgan fingerprint density at radius 3 is 1.46 bits per heavy atom. The average Bonchev–Trinajstić information content (AvgIpc) is 3.12. The number of carbonyl (C=O) groups excluding carboxylic acids is 1. The minimum absolute atomic E-state index is 0.553. The number of hydrazine groups is 3. The van der Waals surface area contributed by atoms with Gasteiger partial charge in [-0.1, -0.05) is 66.7 Å². The molecule has 0 saturated carbocycles. The van der Waals surface area contributed by atoms with Gasteiger partial charge in [-0.05, 0) is 41.4 Å². The maximum absolute atomic E-state index is 12.5. The van der Waals surface area contributed by atoms with Gasteiger partial charge in [0, 0.05) is 0 Å². The molecule has 1 fully saturated rings. The van der Waals surface area contributed by atoms with Crippen LogP contribution in [-0.4, -0.2) is 5.24 Å². The zero-order valence-electron chi connectivity index (χ0n) is 13.8. The number of halogens is 1. The third kappa shape index (κ3) is 2.82. The second-order valence-electron chi connectivity index (χ2n) is 5.91. The van der Waals surface area contributed by atoms with Gasteiger partial charge in [0.05, 0.1) is 11.4 Å². The van der Waals surface area contributed by atoms with E-state index in [2.05, 4.69) is 10.9 Å². The zero-order valence-corrected chi connectivity index (χ0v) is 14.6. The lowest BCUT2D eigenvalue weighted by atomic mass is 10.0. The van der Waals surface area contributed by atoms with E-state index in [0.29, 0.717) is 0 Å². The predicted octanol–water partition coefficient (Wildman–Crippen LogP) is 3.56. The Hall–Kier alpha value is -2.86. The minimum atomic E-state index is -1.28. The summed E-state index contributed by atoms with van der Waals surface area (Å²) in [6, 6.07) is 28.8. The highest BCUT2D eigenvalue weighted by atomic mass is 35.5. The van der Waals surface area contributed by atoms with E-state index in [0.717, 1.165) is 16.9 Å². The molecule has 26 heavy (non-hydrogen) atoms. The Balaban J connectivity index is 1.83. The van der Waals surface area contributed by atoms with Crippen molar-refractivity contribution in [3.05, 3.63) is 96.6 Å². The van der Waals surface area contributed by atoms with Crippen LogP contribution in [0.25, 0.3) is 0 Å². The summed E-state index contributed by atoms with van der Waals surface area (Å²) in [4.78, 5) is 12.5. The second-order valence-corrected chi connectivity index (χ2v) is 6.25. The summed E-state index contributed by atoms with van der Waals surface area (Å²) < 4.78 is 0. The van der Waals surface area contributed by atoms with Crippen molar-refractivity contribution < 1.29 is 4.79 Å². The number of anilines is 2. The number of carbonyl (C=O) groups is 1. The fourth-order valence-corrected chi connectivity index (χ4v) is 3.15. The quantitative estimate of drug-likeness (QED) is 0.693. The van der Waals surface area contributed by atoms with E-state index in [-0.39, 0.29) is 0 Å². The molecule has 1 saturated heterocycles. The van der Waals surface area contributed by atoms with Crippen molar-refractivity contribution in [1.82, 2.24) is 10.9 Å². The van der Waals surface area contributed by atoms with E-state index < -0.39 is 10.9 Å². The molecule has 0 spiro atoms. The number of para-hydroxylation sites is 2. The van der Waals surface area contributed by atoms with Crippen LogP contribution in [0.2, 0.25) is 0 Å². The zero-order chi connectivity index (χ0) is 18.0. The first-order valence-electron chi connectivity index (χ1n) is 8.22. The number of rotatable bonds is 4. The molecule has 0 unspecified atom stereocenters. The number of hydrogen-bond acceptors (Lipinski definition) is 5. The van der Waals surface area contributed by atoms with Crippen LogP contribution in [0.15, 0.2) is 91.0 Å². The molecule has 6 heteroatoms.